The van der Waals surface area contributed by atoms with E-state index in [1.807, 2.05) is 57.2 Å². The number of rotatable bonds is 2. The molecule has 3 rings (SSSR count). The minimum Gasteiger partial charge on any atom is -0.444 e. The summed E-state index contributed by atoms with van der Waals surface area (Å²) in [5, 5.41) is 9.60. The van der Waals surface area contributed by atoms with Crippen LogP contribution in [0.1, 0.15) is 39.2 Å². The van der Waals surface area contributed by atoms with E-state index < -0.39 is 5.92 Å². The van der Waals surface area contributed by atoms with Crippen LogP contribution in [0.4, 0.5) is 0 Å². The molecule has 128 valence electrons. The number of Topliss-reactive ketones (excluding diaryl/α,β-unsaturated/α-hetero) is 1. The van der Waals surface area contributed by atoms with Crippen LogP contribution in [0.5, 0.6) is 0 Å². The SMILES string of the molecule is C/C(=C\c1ccccc1)[C@H]1C(C#N)=C(N)OC2=C1C(=O)CC(C)(C)C2. The smallest absolute Gasteiger partial charge is 0.205 e. The molecule has 0 radical (unpaired) electrons. The number of hydrogen-bond donors (Lipinski definition) is 1. The summed E-state index contributed by atoms with van der Waals surface area (Å²) in [5.41, 5.74) is 8.69. The lowest BCUT2D eigenvalue weighted by molar-refractivity contribution is -0.119. The lowest BCUT2D eigenvalue weighted by Crippen LogP contribution is -2.34. The molecular weight excluding hydrogens is 312 g/mol. The van der Waals surface area contributed by atoms with Gasteiger partial charge in [0, 0.05) is 18.4 Å². The second-order valence-electron chi connectivity index (χ2n) is 7.50. The van der Waals surface area contributed by atoms with Crippen molar-refractivity contribution in [3.8, 4) is 6.07 Å². The van der Waals surface area contributed by atoms with E-state index in [2.05, 4.69) is 6.07 Å². The van der Waals surface area contributed by atoms with Crippen molar-refractivity contribution in [1.82, 2.24) is 0 Å². The third-order valence-corrected chi connectivity index (χ3v) is 4.72. The first-order valence-electron chi connectivity index (χ1n) is 8.39. The maximum Gasteiger partial charge on any atom is 0.205 e. The molecule has 0 amide bonds. The lowest BCUT2D eigenvalue weighted by atomic mass is 9.70. The number of carbonyl (C=O) groups is 1. The highest BCUT2D eigenvalue weighted by Gasteiger charge is 2.42. The lowest BCUT2D eigenvalue weighted by Gasteiger charge is -2.37. The van der Waals surface area contributed by atoms with Crippen molar-refractivity contribution < 1.29 is 9.53 Å². The zero-order valence-electron chi connectivity index (χ0n) is 14.8. The molecule has 2 N–H and O–H groups in total. The van der Waals surface area contributed by atoms with Crippen LogP contribution in [-0.4, -0.2) is 5.78 Å². The molecule has 0 aromatic heterocycles. The topological polar surface area (TPSA) is 76.1 Å². The van der Waals surface area contributed by atoms with Gasteiger partial charge in [-0.2, -0.15) is 5.26 Å². The van der Waals surface area contributed by atoms with Gasteiger partial charge in [0.2, 0.25) is 5.88 Å². The highest BCUT2D eigenvalue weighted by Crippen LogP contribution is 2.46. The van der Waals surface area contributed by atoms with Crippen LogP contribution in [0.2, 0.25) is 0 Å². The number of ether oxygens (including phenoxy) is 1. The van der Waals surface area contributed by atoms with Crippen molar-refractivity contribution >= 4 is 11.9 Å². The van der Waals surface area contributed by atoms with E-state index in [1.54, 1.807) is 0 Å². The third kappa shape index (κ3) is 3.23. The van der Waals surface area contributed by atoms with Crippen molar-refractivity contribution in [1.29, 1.82) is 5.26 Å². The average Bonchev–Trinajstić information content (AvgIpc) is 2.53. The zero-order valence-corrected chi connectivity index (χ0v) is 14.8. The van der Waals surface area contributed by atoms with Gasteiger partial charge in [0.25, 0.3) is 0 Å². The largest absolute Gasteiger partial charge is 0.444 e. The van der Waals surface area contributed by atoms with Crippen molar-refractivity contribution in [2.75, 3.05) is 0 Å². The number of nitrogens with two attached hydrogens (primary N) is 1. The molecule has 4 heteroatoms. The Morgan fingerprint density at radius 2 is 2.00 bits per heavy atom. The van der Waals surface area contributed by atoms with Crippen LogP contribution >= 0.6 is 0 Å². The van der Waals surface area contributed by atoms with E-state index in [9.17, 15) is 10.1 Å². The van der Waals surface area contributed by atoms with Crippen molar-refractivity contribution in [2.24, 2.45) is 17.1 Å². The molecule has 0 spiro atoms. The minimum absolute atomic E-state index is 0.0392. The van der Waals surface area contributed by atoms with Gasteiger partial charge in [0.05, 0.1) is 5.92 Å². The monoisotopic (exact) mass is 334 g/mol. The van der Waals surface area contributed by atoms with Gasteiger partial charge in [-0.1, -0.05) is 55.8 Å². The van der Waals surface area contributed by atoms with E-state index in [0.717, 1.165) is 11.1 Å². The van der Waals surface area contributed by atoms with Gasteiger partial charge >= 0.3 is 0 Å². The molecule has 1 aromatic rings. The molecule has 0 bridgehead atoms. The highest BCUT2D eigenvalue weighted by molar-refractivity contribution is 5.99. The van der Waals surface area contributed by atoms with Gasteiger partial charge in [-0.25, -0.2) is 0 Å². The molecule has 4 nitrogen and oxygen atoms in total. The fourth-order valence-electron chi connectivity index (χ4n) is 3.64. The van der Waals surface area contributed by atoms with Crippen molar-refractivity contribution in [2.45, 2.75) is 33.6 Å². The summed E-state index contributed by atoms with van der Waals surface area (Å²) in [4.78, 5) is 12.8. The van der Waals surface area contributed by atoms with Gasteiger partial charge in [0.15, 0.2) is 5.78 Å². The zero-order chi connectivity index (χ0) is 18.2. The molecule has 25 heavy (non-hydrogen) atoms. The standard InChI is InChI=1S/C21H22N2O2/c1-13(9-14-7-5-4-6-8-14)18-15(12-22)20(23)25-17-11-21(2,3)10-16(24)19(17)18/h4-9,18H,10-11,23H2,1-3H3/b13-9+/t18-/m0/s1. The summed E-state index contributed by atoms with van der Waals surface area (Å²) in [6.45, 7) is 6.02. The number of allylic oxidation sites excluding steroid dienone is 4. The number of nitriles is 1. The van der Waals surface area contributed by atoms with E-state index in [-0.39, 0.29) is 17.1 Å². The number of ketones is 1. The fourth-order valence-corrected chi connectivity index (χ4v) is 3.64. The van der Waals surface area contributed by atoms with E-state index in [1.165, 1.54) is 0 Å². The summed E-state index contributed by atoms with van der Waals surface area (Å²) in [6, 6.07) is 12.0. The maximum absolute atomic E-state index is 12.8. The van der Waals surface area contributed by atoms with Crippen LogP contribution in [0.3, 0.4) is 0 Å². The number of benzene rings is 1. The fraction of sp³-hybridized carbons (Fsp3) is 0.333. The molecule has 2 aliphatic rings. The predicted molar refractivity (Wildman–Crippen MR) is 96.5 cm³/mol. The normalized spacial score (nSPS) is 23.0. The second-order valence-corrected chi connectivity index (χ2v) is 7.50. The van der Waals surface area contributed by atoms with E-state index in [0.29, 0.717) is 29.7 Å². The summed E-state index contributed by atoms with van der Waals surface area (Å²) >= 11 is 0. The quantitative estimate of drug-likeness (QED) is 0.884. The predicted octanol–water partition coefficient (Wildman–Crippen LogP) is 4.07. The van der Waals surface area contributed by atoms with Gasteiger partial charge in [-0.05, 0) is 17.9 Å². The average molecular weight is 334 g/mol. The van der Waals surface area contributed by atoms with E-state index >= 15 is 0 Å². The number of carbonyl (C=O) groups excluding carboxylic acids is 1. The first kappa shape index (κ1) is 17.0. The third-order valence-electron chi connectivity index (χ3n) is 4.72. The van der Waals surface area contributed by atoms with Gasteiger partial charge in [-0.3, -0.25) is 4.79 Å². The molecule has 0 saturated carbocycles. The molecular formula is C21H22N2O2. The molecule has 0 fully saturated rings. The number of nitrogens with zero attached hydrogens (tertiary/aromatic N) is 1. The Morgan fingerprint density at radius 3 is 2.64 bits per heavy atom. The Labute approximate surface area is 148 Å². The van der Waals surface area contributed by atoms with Crippen LogP contribution in [0, 0.1) is 22.7 Å². The van der Waals surface area contributed by atoms with Crippen molar-refractivity contribution in [3.05, 3.63) is 64.3 Å². The van der Waals surface area contributed by atoms with Gasteiger partial charge < -0.3 is 10.5 Å². The summed E-state index contributed by atoms with van der Waals surface area (Å²) in [6.07, 6.45) is 3.09. The molecule has 1 heterocycles. The first-order chi connectivity index (χ1) is 11.8. The molecule has 1 atom stereocenters. The summed E-state index contributed by atoms with van der Waals surface area (Å²) < 4.78 is 5.70. The second kappa shape index (κ2) is 6.25. The minimum atomic E-state index is -0.433. The Morgan fingerprint density at radius 1 is 1.32 bits per heavy atom. The van der Waals surface area contributed by atoms with Crippen molar-refractivity contribution in [3.63, 3.8) is 0 Å². The highest BCUT2D eigenvalue weighted by atomic mass is 16.5. The van der Waals surface area contributed by atoms with Crippen LogP contribution in [-0.2, 0) is 9.53 Å². The first-order valence-corrected chi connectivity index (χ1v) is 8.39. The summed E-state index contributed by atoms with van der Waals surface area (Å²) in [7, 11) is 0. The molecule has 1 aliphatic heterocycles. The van der Waals surface area contributed by atoms with E-state index in [4.69, 9.17) is 10.5 Å². The molecule has 0 unspecified atom stereocenters. The van der Waals surface area contributed by atoms with Gasteiger partial charge in [0.1, 0.15) is 17.4 Å². The van der Waals surface area contributed by atoms with Crippen LogP contribution < -0.4 is 5.73 Å². The Balaban J connectivity index is 2.11. The van der Waals surface area contributed by atoms with Gasteiger partial charge in [-0.15, -0.1) is 0 Å². The summed E-state index contributed by atoms with van der Waals surface area (Å²) in [5.74, 6) is 0.330. The Bertz CT molecular complexity index is 852. The number of hydrogen-bond acceptors (Lipinski definition) is 4. The maximum atomic E-state index is 12.8. The van der Waals surface area contributed by atoms with Crippen LogP contribution in [0.25, 0.3) is 6.08 Å². The Hall–Kier alpha value is -2.80. The Kier molecular flexibility index (Phi) is 4.26. The van der Waals surface area contributed by atoms with Crippen LogP contribution in [0.15, 0.2) is 58.7 Å². The molecule has 1 aromatic carbocycles. The molecule has 0 saturated heterocycles. The molecule has 1 aliphatic carbocycles.